The Hall–Kier alpha value is -0.520. The fourth-order valence-corrected chi connectivity index (χ4v) is 0.312. The van der Waals surface area contributed by atoms with E-state index < -0.39 is 11.7 Å². The third-order valence-corrected chi connectivity index (χ3v) is 1.34. The second-order valence-corrected chi connectivity index (χ2v) is 2.38. The number of aliphatic hydroxyl groups excluding tert-OH is 1. The smallest absolute Gasteiger partial charge is 0.142 e. The number of hydrogen-bond donors (Lipinski definition) is 1. The van der Waals surface area contributed by atoms with E-state index in [0.29, 0.717) is 0 Å². The summed E-state index contributed by atoms with van der Waals surface area (Å²) in [7, 11) is 1.51. The largest absolute Gasteiger partial charge is 0.377 e. The zero-order valence-electron chi connectivity index (χ0n) is 6.01. The van der Waals surface area contributed by atoms with E-state index in [2.05, 4.69) is 5.92 Å². The molecule has 0 saturated heterocycles. The summed E-state index contributed by atoms with van der Waals surface area (Å²) in [6.45, 7) is 3.47. The van der Waals surface area contributed by atoms with Crippen LogP contribution >= 0.6 is 0 Å². The molecule has 0 heterocycles. The van der Waals surface area contributed by atoms with E-state index in [1.54, 1.807) is 13.8 Å². The van der Waals surface area contributed by atoms with Crippen molar-refractivity contribution >= 4 is 0 Å². The van der Waals surface area contributed by atoms with Gasteiger partial charge in [0, 0.05) is 7.11 Å². The van der Waals surface area contributed by atoms with Gasteiger partial charge in [-0.05, 0) is 13.8 Å². The molecule has 1 unspecified atom stereocenters. The summed E-state index contributed by atoms with van der Waals surface area (Å²) in [6, 6.07) is 0. The Balaban J connectivity index is 4.01. The Labute approximate surface area is 55.8 Å². The fraction of sp³-hybridized carbons (Fsp3) is 0.714. The Morgan fingerprint density at radius 1 is 1.67 bits per heavy atom. The van der Waals surface area contributed by atoms with E-state index in [4.69, 9.17) is 16.3 Å². The molecule has 2 nitrogen and oxygen atoms in total. The maximum absolute atomic E-state index is 9.02. The van der Waals surface area contributed by atoms with Gasteiger partial charge in [-0.3, -0.25) is 0 Å². The highest BCUT2D eigenvalue weighted by Crippen LogP contribution is 2.11. The van der Waals surface area contributed by atoms with Gasteiger partial charge < -0.3 is 9.84 Å². The molecule has 0 rings (SSSR count). The summed E-state index contributed by atoms with van der Waals surface area (Å²) in [5, 5.41) is 9.02. The average Bonchev–Trinajstić information content (AvgIpc) is 1.86. The van der Waals surface area contributed by atoms with Crippen LogP contribution < -0.4 is 0 Å². The molecule has 0 saturated carbocycles. The first-order chi connectivity index (χ1) is 4.04. The molecule has 0 aromatic rings. The molecule has 0 bridgehead atoms. The van der Waals surface area contributed by atoms with E-state index in [1.807, 2.05) is 0 Å². The number of hydrogen-bond acceptors (Lipinski definition) is 2. The predicted molar refractivity (Wildman–Crippen MR) is 35.9 cm³/mol. The van der Waals surface area contributed by atoms with Gasteiger partial charge in [-0.2, -0.15) is 0 Å². The van der Waals surface area contributed by atoms with Gasteiger partial charge in [0.25, 0.3) is 0 Å². The molecule has 52 valence electrons. The minimum atomic E-state index is -0.831. The van der Waals surface area contributed by atoms with E-state index in [-0.39, 0.29) is 0 Å². The van der Waals surface area contributed by atoms with Crippen LogP contribution in [0.15, 0.2) is 0 Å². The molecule has 0 amide bonds. The van der Waals surface area contributed by atoms with Crippen LogP contribution in [0, 0.1) is 12.3 Å². The maximum atomic E-state index is 9.02. The molecule has 0 aliphatic carbocycles. The minimum Gasteiger partial charge on any atom is -0.377 e. The summed E-state index contributed by atoms with van der Waals surface area (Å²) in [5.41, 5.74) is -0.630. The Morgan fingerprint density at radius 2 is 2.11 bits per heavy atom. The first kappa shape index (κ1) is 8.48. The second-order valence-electron chi connectivity index (χ2n) is 2.38. The van der Waals surface area contributed by atoms with Crippen LogP contribution in [-0.4, -0.2) is 23.9 Å². The summed E-state index contributed by atoms with van der Waals surface area (Å²) in [5.74, 6) is 2.19. The lowest BCUT2D eigenvalue weighted by Crippen LogP contribution is -2.36. The van der Waals surface area contributed by atoms with E-state index in [1.165, 1.54) is 7.11 Å². The summed E-state index contributed by atoms with van der Waals surface area (Å²) in [4.78, 5) is 0. The third-order valence-electron chi connectivity index (χ3n) is 1.34. The number of methoxy groups -OCH3 is 1. The fourth-order valence-electron chi connectivity index (χ4n) is 0.312. The molecule has 1 atom stereocenters. The molecule has 2 heteroatoms. The molecular formula is C7H12O2. The first-order valence-electron chi connectivity index (χ1n) is 2.74. The normalized spacial score (nSPS) is 14.6. The third kappa shape index (κ3) is 2.05. The van der Waals surface area contributed by atoms with Crippen molar-refractivity contribution in [3.63, 3.8) is 0 Å². The molecule has 0 radical (unpaired) electrons. The van der Waals surface area contributed by atoms with Crippen molar-refractivity contribution in [2.45, 2.75) is 25.6 Å². The van der Waals surface area contributed by atoms with Gasteiger partial charge >= 0.3 is 0 Å². The number of rotatable bonds is 2. The first-order valence-corrected chi connectivity index (χ1v) is 2.74. The van der Waals surface area contributed by atoms with Crippen molar-refractivity contribution in [1.82, 2.24) is 0 Å². The average molecular weight is 128 g/mol. The van der Waals surface area contributed by atoms with Crippen molar-refractivity contribution in [3.05, 3.63) is 0 Å². The maximum Gasteiger partial charge on any atom is 0.142 e. The van der Waals surface area contributed by atoms with Crippen LogP contribution in [0.5, 0.6) is 0 Å². The SMILES string of the molecule is C#CC(O)C(C)(C)OC. The zero-order valence-corrected chi connectivity index (χ0v) is 6.01. The standard InChI is InChI=1S/C7H12O2/c1-5-6(8)7(2,3)9-4/h1,6,8H,2-4H3. The van der Waals surface area contributed by atoms with Crippen molar-refractivity contribution in [2.24, 2.45) is 0 Å². The monoisotopic (exact) mass is 128 g/mol. The highest BCUT2D eigenvalue weighted by Gasteiger charge is 2.24. The number of terminal acetylenes is 1. The van der Waals surface area contributed by atoms with E-state index >= 15 is 0 Å². The molecule has 0 spiro atoms. The van der Waals surface area contributed by atoms with Gasteiger partial charge in [0.05, 0.1) is 5.60 Å². The second kappa shape index (κ2) is 2.86. The van der Waals surface area contributed by atoms with Crippen LogP contribution in [0.3, 0.4) is 0 Å². The van der Waals surface area contributed by atoms with Gasteiger partial charge in [-0.25, -0.2) is 0 Å². The molecule has 0 aromatic heterocycles. The lowest BCUT2D eigenvalue weighted by molar-refractivity contribution is -0.0522. The highest BCUT2D eigenvalue weighted by atomic mass is 16.5. The molecule has 0 aliphatic heterocycles. The lowest BCUT2D eigenvalue weighted by atomic mass is 10.0. The van der Waals surface area contributed by atoms with Gasteiger partial charge in [0.2, 0.25) is 0 Å². The molecule has 9 heavy (non-hydrogen) atoms. The molecule has 1 N–H and O–H groups in total. The van der Waals surface area contributed by atoms with Gasteiger partial charge in [-0.15, -0.1) is 6.42 Å². The van der Waals surface area contributed by atoms with Crippen LogP contribution in [0.25, 0.3) is 0 Å². The molecule has 0 aromatic carbocycles. The summed E-state index contributed by atoms with van der Waals surface area (Å²) >= 11 is 0. The Morgan fingerprint density at radius 3 is 2.22 bits per heavy atom. The van der Waals surface area contributed by atoms with Crippen LogP contribution in [0.1, 0.15) is 13.8 Å². The zero-order chi connectivity index (χ0) is 7.49. The summed E-state index contributed by atoms with van der Waals surface area (Å²) < 4.78 is 4.90. The van der Waals surface area contributed by atoms with Gasteiger partial charge in [-0.1, -0.05) is 5.92 Å². The lowest BCUT2D eigenvalue weighted by Gasteiger charge is -2.24. The topological polar surface area (TPSA) is 29.5 Å². The Kier molecular flexibility index (Phi) is 2.69. The van der Waals surface area contributed by atoms with Gasteiger partial charge in [0.15, 0.2) is 0 Å². The number of ether oxygens (including phenoxy) is 1. The summed E-state index contributed by atoms with van der Waals surface area (Å²) in [6.07, 6.45) is 4.12. The van der Waals surface area contributed by atoms with Crippen LogP contribution in [0.2, 0.25) is 0 Å². The molecule has 0 fully saturated rings. The Bertz CT molecular complexity index is 121. The van der Waals surface area contributed by atoms with Gasteiger partial charge in [0.1, 0.15) is 6.10 Å². The quantitative estimate of drug-likeness (QED) is 0.546. The van der Waals surface area contributed by atoms with Crippen molar-refractivity contribution < 1.29 is 9.84 Å². The van der Waals surface area contributed by atoms with Crippen molar-refractivity contribution in [2.75, 3.05) is 7.11 Å². The van der Waals surface area contributed by atoms with Crippen LogP contribution in [-0.2, 0) is 4.74 Å². The molecular weight excluding hydrogens is 116 g/mol. The minimum absolute atomic E-state index is 0.630. The highest BCUT2D eigenvalue weighted by molar-refractivity contribution is 5.02. The van der Waals surface area contributed by atoms with Crippen LogP contribution in [0.4, 0.5) is 0 Å². The van der Waals surface area contributed by atoms with E-state index in [9.17, 15) is 0 Å². The van der Waals surface area contributed by atoms with Crippen molar-refractivity contribution in [3.8, 4) is 12.3 Å². The predicted octanol–water partition coefficient (Wildman–Crippen LogP) is 0.405. The molecule has 0 aliphatic rings. The van der Waals surface area contributed by atoms with Crippen molar-refractivity contribution in [1.29, 1.82) is 0 Å². The van der Waals surface area contributed by atoms with E-state index in [0.717, 1.165) is 0 Å². The number of aliphatic hydroxyl groups is 1.